The number of nitro groups is 2. The number of hydrogen-bond donors (Lipinski definition) is 0. The largest absolute Gasteiger partial charge is 0.493 e. The average molecular weight is 592 g/mol. The smallest absolute Gasteiger partial charge is 0.389 e. The van der Waals surface area contributed by atoms with Crippen molar-refractivity contribution in [1.29, 1.82) is 0 Å². The molecule has 0 aliphatic carbocycles. The van der Waals surface area contributed by atoms with Gasteiger partial charge in [0.05, 0.1) is 28.1 Å². The lowest BCUT2D eigenvalue weighted by molar-refractivity contribution is -0.394. The molecular weight excluding hydrogens is 572 g/mol. The SMILES string of the molecule is O=C(/C=C/c1ccc(OC(=O)c2ccc(OCCCC(F)(F)F)cc2F)cc1)OCc1cc([N+](=O)[O-])cc([N+](=O)[O-])c1. The van der Waals surface area contributed by atoms with E-state index in [1.807, 2.05) is 0 Å². The van der Waals surface area contributed by atoms with E-state index in [-0.39, 0.29) is 30.1 Å². The van der Waals surface area contributed by atoms with Crippen LogP contribution in [0.3, 0.4) is 0 Å². The normalized spacial score (nSPS) is 11.2. The summed E-state index contributed by atoms with van der Waals surface area (Å²) in [5, 5.41) is 21.9. The Balaban J connectivity index is 1.52. The number of carbonyl (C=O) groups is 2. The fourth-order valence-electron chi connectivity index (χ4n) is 3.34. The number of nitro benzene ring substituents is 2. The first-order chi connectivity index (χ1) is 19.8. The van der Waals surface area contributed by atoms with Gasteiger partial charge in [-0.15, -0.1) is 0 Å². The van der Waals surface area contributed by atoms with E-state index < -0.39 is 63.7 Å². The Labute approximate surface area is 234 Å². The van der Waals surface area contributed by atoms with Gasteiger partial charge in [0.1, 0.15) is 23.9 Å². The molecule has 0 saturated heterocycles. The van der Waals surface area contributed by atoms with Crippen molar-refractivity contribution >= 4 is 29.4 Å². The van der Waals surface area contributed by atoms with Crippen LogP contribution in [0.25, 0.3) is 6.08 Å². The van der Waals surface area contributed by atoms with Crippen molar-refractivity contribution in [3.63, 3.8) is 0 Å². The number of benzene rings is 3. The van der Waals surface area contributed by atoms with Gasteiger partial charge in [0.2, 0.25) is 0 Å². The molecule has 3 aromatic rings. The first-order valence-electron chi connectivity index (χ1n) is 11.9. The van der Waals surface area contributed by atoms with E-state index >= 15 is 0 Å². The lowest BCUT2D eigenvalue weighted by Crippen LogP contribution is -2.11. The summed E-state index contributed by atoms with van der Waals surface area (Å²) in [6, 6.07) is 11.7. The standard InChI is InChI=1S/C27H20F4N2O9/c28-24-15-22(40-11-1-10-27(29,30)31)7-8-23(24)26(35)42-21-5-2-17(3-6-21)4-9-25(34)41-16-18-12-19(32(36)37)14-20(13-18)33(38)39/h2-9,12-15H,1,10-11,16H2/b9-4+. The molecule has 42 heavy (non-hydrogen) atoms. The van der Waals surface area contributed by atoms with Crippen molar-refractivity contribution in [3.8, 4) is 11.5 Å². The number of non-ortho nitro benzene ring substituents is 2. The zero-order valence-electron chi connectivity index (χ0n) is 21.3. The number of esters is 2. The molecule has 0 heterocycles. The monoisotopic (exact) mass is 592 g/mol. The zero-order valence-corrected chi connectivity index (χ0v) is 21.3. The molecule has 0 aromatic heterocycles. The van der Waals surface area contributed by atoms with Crippen LogP contribution in [0, 0.1) is 26.0 Å². The van der Waals surface area contributed by atoms with Gasteiger partial charge in [-0.05, 0) is 42.3 Å². The van der Waals surface area contributed by atoms with Crippen molar-refractivity contribution in [2.45, 2.75) is 25.6 Å². The molecule has 3 rings (SSSR count). The van der Waals surface area contributed by atoms with Crippen molar-refractivity contribution in [2.24, 2.45) is 0 Å². The Morgan fingerprint density at radius 3 is 2.07 bits per heavy atom. The summed E-state index contributed by atoms with van der Waals surface area (Å²) in [7, 11) is 0. The van der Waals surface area contributed by atoms with Gasteiger partial charge in [-0.25, -0.2) is 14.0 Å². The minimum Gasteiger partial charge on any atom is -0.493 e. The van der Waals surface area contributed by atoms with Gasteiger partial charge in [-0.3, -0.25) is 20.2 Å². The summed E-state index contributed by atoms with van der Waals surface area (Å²) in [6.07, 6.45) is -3.30. The van der Waals surface area contributed by atoms with Crippen molar-refractivity contribution in [1.82, 2.24) is 0 Å². The summed E-state index contributed by atoms with van der Waals surface area (Å²) < 4.78 is 66.1. The molecule has 0 bridgehead atoms. The quantitative estimate of drug-likeness (QED) is 0.0447. The molecule has 0 radical (unpaired) electrons. The Hall–Kier alpha value is -5.34. The third-order valence-corrected chi connectivity index (χ3v) is 5.30. The summed E-state index contributed by atoms with van der Waals surface area (Å²) in [5.41, 5.74) is -0.977. The van der Waals surface area contributed by atoms with E-state index in [0.29, 0.717) is 5.56 Å². The number of halogens is 4. The van der Waals surface area contributed by atoms with Crippen LogP contribution in [0.1, 0.15) is 34.3 Å². The number of nitrogens with zero attached hydrogens (tertiary/aromatic N) is 2. The number of hydrogen-bond acceptors (Lipinski definition) is 9. The van der Waals surface area contributed by atoms with Crippen LogP contribution in [0.4, 0.5) is 28.9 Å². The second-order valence-electron chi connectivity index (χ2n) is 8.48. The molecule has 0 aliphatic heterocycles. The number of ether oxygens (including phenoxy) is 3. The fraction of sp³-hybridized carbons (Fsp3) is 0.185. The zero-order chi connectivity index (χ0) is 30.9. The van der Waals surface area contributed by atoms with Crippen molar-refractivity contribution in [3.05, 3.63) is 109 Å². The molecule has 3 aromatic carbocycles. The van der Waals surface area contributed by atoms with Crippen molar-refractivity contribution < 1.29 is 51.2 Å². The lowest BCUT2D eigenvalue weighted by atomic mass is 10.2. The van der Waals surface area contributed by atoms with Crippen LogP contribution >= 0.6 is 0 Å². The van der Waals surface area contributed by atoms with E-state index in [1.54, 1.807) is 0 Å². The molecule has 15 heteroatoms. The molecule has 11 nitrogen and oxygen atoms in total. The van der Waals surface area contributed by atoms with E-state index in [1.165, 1.54) is 36.4 Å². The summed E-state index contributed by atoms with van der Waals surface area (Å²) in [6.45, 7) is -0.744. The van der Waals surface area contributed by atoms with Crippen LogP contribution in [0.5, 0.6) is 11.5 Å². The van der Waals surface area contributed by atoms with Gasteiger partial charge in [0.15, 0.2) is 0 Å². The van der Waals surface area contributed by atoms with E-state index in [2.05, 4.69) is 0 Å². The molecule has 0 atom stereocenters. The van der Waals surface area contributed by atoms with Gasteiger partial charge >= 0.3 is 18.1 Å². The average Bonchev–Trinajstić information content (AvgIpc) is 2.93. The second kappa shape index (κ2) is 13.8. The van der Waals surface area contributed by atoms with Crippen LogP contribution in [-0.4, -0.2) is 34.6 Å². The van der Waals surface area contributed by atoms with Gasteiger partial charge in [0, 0.05) is 36.3 Å². The third kappa shape index (κ3) is 9.69. The minimum absolute atomic E-state index is 0.0406. The molecule has 0 N–H and O–H groups in total. The maximum Gasteiger partial charge on any atom is 0.389 e. The Bertz CT molecular complexity index is 1470. The Morgan fingerprint density at radius 2 is 1.50 bits per heavy atom. The lowest BCUT2D eigenvalue weighted by Gasteiger charge is -2.10. The topological polar surface area (TPSA) is 148 Å². The van der Waals surface area contributed by atoms with Gasteiger partial charge in [-0.1, -0.05) is 12.1 Å². The number of alkyl halides is 3. The Morgan fingerprint density at radius 1 is 0.881 bits per heavy atom. The number of carbonyl (C=O) groups excluding carboxylic acids is 2. The molecule has 0 saturated carbocycles. The minimum atomic E-state index is -4.32. The highest BCUT2D eigenvalue weighted by molar-refractivity contribution is 5.91. The van der Waals surface area contributed by atoms with Crippen molar-refractivity contribution in [2.75, 3.05) is 6.61 Å². The molecule has 0 fully saturated rings. The van der Waals surface area contributed by atoms with Crippen LogP contribution in [0.15, 0.2) is 66.7 Å². The maximum absolute atomic E-state index is 14.3. The van der Waals surface area contributed by atoms with E-state index in [4.69, 9.17) is 14.2 Å². The molecule has 0 aliphatic rings. The third-order valence-electron chi connectivity index (χ3n) is 5.30. The summed E-state index contributed by atoms with van der Waals surface area (Å²) in [4.78, 5) is 44.7. The van der Waals surface area contributed by atoms with E-state index in [9.17, 15) is 47.4 Å². The van der Waals surface area contributed by atoms with Crippen LogP contribution < -0.4 is 9.47 Å². The highest BCUT2D eigenvalue weighted by Gasteiger charge is 2.26. The van der Waals surface area contributed by atoms with Gasteiger partial charge in [0.25, 0.3) is 11.4 Å². The summed E-state index contributed by atoms with van der Waals surface area (Å²) in [5.74, 6) is -2.88. The maximum atomic E-state index is 14.3. The van der Waals surface area contributed by atoms with Gasteiger partial charge in [-0.2, -0.15) is 13.2 Å². The van der Waals surface area contributed by atoms with Gasteiger partial charge < -0.3 is 14.2 Å². The summed E-state index contributed by atoms with van der Waals surface area (Å²) >= 11 is 0. The van der Waals surface area contributed by atoms with Crippen LogP contribution in [-0.2, 0) is 16.1 Å². The first-order valence-corrected chi connectivity index (χ1v) is 11.9. The molecule has 0 spiro atoms. The number of rotatable bonds is 12. The predicted octanol–water partition coefficient (Wildman–Crippen LogP) is 6.34. The highest BCUT2D eigenvalue weighted by atomic mass is 19.4. The first kappa shape index (κ1) is 31.2. The molecule has 0 unspecified atom stereocenters. The molecule has 0 amide bonds. The highest BCUT2D eigenvalue weighted by Crippen LogP contribution is 2.24. The molecular formula is C27H20F4N2O9. The predicted molar refractivity (Wildman–Crippen MR) is 137 cm³/mol. The fourth-order valence-corrected chi connectivity index (χ4v) is 3.34. The molecule has 220 valence electrons. The second-order valence-corrected chi connectivity index (χ2v) is 8.48. The van der Waals surface area contributed by atoms with Crippen LogP contribution in [0.2, 0.25) is 0 Å². The van der Waals surface area contributed by atoms with E-state index in [0.717, 1.165) is 36.4 Å². The Kier molecular flexibility index (Phi) is 10.3.